The summed E-state index contributed by atoms with van der Waals surface area (Å²) in [6.07, 6.45) is 0. The number of halogens is 1. The van der Waals surface area contributed by atoms with Crippen molar-refractivity contribution >= 4 is 35.8 Å². The van der Waals surface area contributed by atoms with Gasteiger partial charge >= 0.3 is 0 Å². The molecule has 4 N–H and O–H groups in total. The van der Waals surface area contributed by atoms with Crippen LogP contribution in [0.15, 0.2) is 0 Å². The Morgan fingerprint density at radius 1 is 1.73 bits per heavy atom. The first-order valence-corrected chi connectivity index (χ1v) is 3.06. The molecule has 0 unspecified atom stereocenters. The van der Waals surface area contributed by atoms with Crippen molar-refractivity contribution in [2.45, 2.75) is 0 Å². The molecule has 11 heavy (non-hydrogen) atoms. The third-order valence-corrected chi connectivity index (χ3v) is 1.38. The average Bonchev–Trinajstić information content (AvgIpc) is 1.88. The first-order valence-electron chi connectivity index (χ1n) is 3.06. The third-order valence-electron chi connectivity index (χ3n) is 1.38. The zero-order valence-electron chi connectivity index (χ0n) is 5.96. The van der Waals surface area contributed by atoms with E-state index in [1.165, 1.54) is 4.90 Å². The summed E-state index contributed by atoms with van der Waals surface area (Å²) in [5.41, 5.74) is 5.16. The van der Waals surface area contributed by atoms with E-state index in [-0.39, 0.29) is 42.4 Å². The molecular weight excluding hydrogens is 259 g/mol. The van der Waals surface area contributed by atoms with Crippen LogP contribution in [0.5, 0.6) is 0 Å². The molecule has 0 aromatic carbocycles. The van der Waals surface area contributed by atoms with Crippen LogP contribution < -0.4 is 11.1 Å². The normalized spacial score (nSPS) is 16.7. The maximum Gasteiger partial charge on any atom is 0.239 e. The van der Waals surface area contributed by atoms with Gasteiger partial charge in [0, 0.05) is 13.1 Å². The van der Waals surface area contributed by atoms with E-state index in [0.29, 0.717) is 13.1 Å². The molecule has 64 valence electrons. The number of carbonyl (C=O) groups is 1. The van der Waals surface area contributed by atoms with E-state index in [2.05, 4.69) is 5.32 Å². The minimum Gasteiger partial charge on any atom is -0.370 e. The highest BCUT2D eigenvalue weighted by molar-refractivity contribution is 14.0. The zero-order valence-corrected chi connectivity index (χ0v) is 8.29. The number of nitrogens with one attached hydrogen (secondary N) is 2. The maximum atomic E-state index is 10.7. The number of amides is 1. The van der Waals surface area contributed by atoms with Gasteiger partial charge in [0.1, 0.15) is 0 Å². The highest BCUT2D eigenvalue weighted by atomic mass is 127. The van der Waals surface area contributed by atoms with Gasteiger partial charge in [0.15, 0.2) is 5.96 Å². The lowest BCUT2D eigenvalue weighted by Gasteiger charge is -2.26. The van der Waals surface area contributed by atoms with E-state index >= 15 is 0 Å². The van der Waals surface area contributed by atoms with Crippen LogP contribution in [-0.2, 0) is 4.79 Å². The fourth-order valence-electron chi connectivity index (χ4n) is 0.844. The number of guanidine groups is 1. The molecular formula is C5H11IN4O. The maximum absolute atomic E-state index is 10.7. The molecule has 6 heteroatoms. The second-order valence-corrected chi connectivity index (χ2v) is 2.16. The highest BCUT2D eigenvalue weighted by Crippen LogP contribution is 1.89. The molecule has 1 rings (SSSR count). The van der Waals surface area contributed by atoms with Crippen LogP contribution in [0.3, 0.4) is 0 Å². The molecule has 0 aromatic heterocycles. The fraction of sp³-hybridized carbons (Fsp3) is 0.600. The summed E-state index contributed by atoms with van der Waals surface area (Å²) in [5.74, 6) is -0.101. The minimum atomic E-state index is -0.0681. The van der Waals surface area contributed by atoms with Crippen molar-refractivity contribution in [3.8, 4) is 0 Å². The molecule has 1 saturated heterocycles. The van der Waals surface area contributed by atoms with Crippen molar-refractivity contribution in [1.82, 2.24) is 10.2 Å². The Hall–Kier alpha value is -0.530. The van der Waals surface area contributed by atoms with E-state index in [1.807, 2.05) is 0 Å². The summed E-state index contributed by atoms with van der Waals surface area (Å²) in [6, 6.07) is 0. The molecule has 0 aliphatic carbocycles. The number of rotatable bonds is 0. The van der Waals surface area contributed by atoms with E-state index in [9.17, 15) is 4.79 Å². The SMILES string of the molecule is I.N=C(N)N1CCNC(=O)C1. The fourth-order valence-corrected chi connectivity index (χ4v) is 0.844. The molecule has 0 spiro atoms. The molecule has 1 aliphatic rings. The Morgan fingerprint density at radius 3 is 2.73 bits per heavy atom. The van der Waals surface area contributed by atoms with Crippen LogP contribution in [0.25, 0.3) is 0 Å². The summed E-state index contributed by atoms with van der Waals surface area (Å²) in [4.78, 5) is 12.2. The van der Waals surface area contributed by atoms with Crippen LogP contribution in [0.4, 0.5) is 0 Å². The Bertz CT molecular complexity index is 170. The summed E-state index contributed by atoms with van der Waals surface area (Å²) in [5, 5.41) is 9.64. The van der Waals surface area contributed by atoms with Crippen molar-refractivity contribution in [3.05, 3.63) is 0 Å². The molecule has 1 heterocycles. The Labute approximate surface area is 81.8 Å². The first-order chi connectivity index (χ1) is 4.70. The smallest absolute Gasteiger partial charge is 0.239 e. The Balaban J connectivity index is 0.000001000. The highest BCUT2D eigenvalue weighted by Gasteiger charge is 2.15. The molecule has 0 aromatic rings. The monoisotopic (exact) mass is 270 g/mol. The Morgan fingerprint density at radius 2 is 2.36 bits per heavy atom. The molecule has 0 bridgehead atoms. The van der Waals surface area contributed by atoms with Gasteiger partial charge in [-0.25, -0.2) is 0 Å². The third kappa shape index (κ3) is 2.91. The van der Waals surface area contributed by atoms with Gasteiger partial charge in [-0.15, -0.1) is 24.0 Å². The molecule has 1 amide bonds. The molecule has 5 nitrogen and oxygen atoms in total. The van der Waals surface area contributed by atoms with Gasteiger partial charge < -0.3 is 16.0 Å². The standard InChI is InChI=1S/C5H10N4O.HI/c6-5(7)9-2-1-8-4(10)3-9;/h1-3H2,(H3,6,7)(H,8,10);1H. The largest absolute Gasteiger partial charge is 0.370 e. The zero-order chi connectivity index (χ0) is 7.56. The van der Waals surface area contributed by atoms with Crippen LogP contribution >= 0.6 is 24.0 Å². The van der Waals surface area contributed by atoms with Crippen molar-refractivity contribution < 1.29 is 4.79 Å². The van der Waals surface area contributed by atoms with Crippen LogP contribution in [-0.4, -0.2) is 36.4 Å². The van der Waals surface area contributed by atoms with Crippen molar-refractivity contribution in [2.24, 2.45) is 5.73 Å². The molecule has 1 fully saturated rings. The van der Waals surface area contributed by atoms with Crippen LogP contribution in [0.2, 0.25) is 0 Å². The second kappa shape index (κ2) is 4.37. The van der Waals surface area contributed by atoms with Gasteiger partial charge in [-0.05, 0) is 0 Å². The van der Waals surface area contributed by atoms with Gasteiger partial charge in [-0.1, -0.05) is 0 Å². The van der Waals surface area contributed by atoms with E-state index in [0.717, 1.165) is 0 Å². The van der Waals surface area contributed by atoms with E-state index < -0.39 is 0 Å². The van der Waals surface area contributed by atoms with Gasteiger partial charge in [0.05, 0.1) is 6.54 Å². The molecule has 0 radical (unpaired) electrons. The predicted molar refractivity (Wildman–Crippen MR) is 51.9 cm³/mol. The number of hydrogen-bond acceptors (Lipinski definition) is 2. The lowest BCUT2D eigenvalue weighted by atomic mass is 10.4. The topological polar surface area (TPSA) is 82.2 Å². The van der Waals surface area contributed by atoms with Crippen molar-refractivity contribution in [2.75, 3.05) is 19.6 Å². The lowest BCUT2D eigenvalue weighted by Crippen LogP contribution is -2.51. The van der Waals surface area contributed by atoms with Crippen molar-refractivity contribution in [1.29, 1.82) is 5.41 Å². The average molecular weight is 270 g/mol. The predicted octanol–water partition coefficient (Wildman–Crippen LogP) is -1.07. The molecule has 0 atom stereocenters. The molecule has 0 saturated carbocycles. The number of nitrogens with two attached hydrogens (primary N) is 1. The number of carbonyl (C=O) groups excluding carboxylic acids is 1. The minimum absolute atomic E-state index is 0. The van der Waals surface area contributed by atoms with Crippen LogP contribution in [0.1, 0.15) is 0 Å². The summed E-state index contributed by atoms with van der Waals surface area (Å²) < 4.78 is 0. The van der Waals surface area contributed by atoms with E-state index in [1.54, 1.807) is 0 Å². The number of hydrogen-bond donors (Lipinski definition) is 3. The summed E-state index contributed by atoms with van der Waals surface area (Å²) in [7, 11) is 0. The summed E-state index contributed by atoms with van der Waals surface area (Å²) >= 11 is 0. The Kier molecular flexibility index (Phi) is 4.16. The second-order valence-electron chi connectivity index (χ2n) is 2.16. The van der Waals surface area contributed by atoms with Gasteiger partial charge in [-0.3, -0.25) is 10.2 Å². The lowest BCUT2D eigenvalue weighted by molar-refractivity contribution is -0.122. The van der Waals surface area contributed by atoms with Crippen LogP contribution in [0, 0.1) is 5.41 Å². The van der Waals surface area contributed by atoms with Gasteiger partial charge in [0.2, 0.25) is 5.91 Å². The number of piperazine rings is 1. The number of nitrogens with zero attached hydrogens (tertiary/aromatic N) is 1. The first kappa shape index (κ1) is 10.5. The molecule has 1 aliphatic heterocycles. The van der Waals surface area contributed by atoms with Gasteiger partial charge in [0.25, 0.3) is 0 Å². The van der Waals surface area contributed by atoms with E-state index in [4.69, 9.17) is 11.1 Å². The van der Waals surface area contributed by atoms with Crippen molar-refractivity contribution in [3.63, 3.8) is 0 Å². The summed E-state index contributed by atoms with van der Waals surface area (Å²) in [6.45, 7) is 1.44. The van der Waals surface area contributed by atoms with Gasteiger partial charge in [-0.2, -0.15) is 0 Å². The quantitative estimate of drug-likeness (QED) is 0.298.